The first kappa shape index (κ1) is 26.6. The number of nitrogens with zero attached hydrogens (tertiary/aromatic N) is 6. The van der Waals surface area contributed by atoms with Crippen LogP contribution in [0.1, 0.15) is 23.2 Å². The third-order valence-electron chi connectivity index (χ3n) is 6.18. The number of amides is 2. The molecule has 2 heterocycles. The minimum Gasteiger partial charge on any atom is -0.341 e. The molecule has 9 heteroatoms. The highest BCUT2D eigenvalue weighted by Crippen LogP contribution is 2.21. The number of carbonyl (C=O) groups is 1. The molecule has 0 radical (unpaired) electrons. The van der Waals surface area contributed by atoms with Crippen molar-refractivity contribution in [3.8, 4) is 12.3 Å². The van der Waals surface area contributed by atoms with Gasteiger partial charge < -0.3 is 15.5 Å². The summed E-state index contributed by atoms with van der Waals surface area (Å²) in [4.78, 5) is 25.3. The second-order valence-electron chi connectivity index (χ2n) is 9.12. The molecule has 1 fully saturated rings. The number of para-hydroxylation sites is 1. The van der Waals surface area contributed by atoms with Gasteiger partial charge in [-0.25, -0.2) is 14.8 Å². The van der Waals surface area contributed by atoms with Crippen molar-refractivity contribution < 1.29 is 4.79 Å². The molecule has 0 saturated carbocycles. The zero-order chi connectivity index (χ0) is 26.7. The Morgan fingerprint density at radius 3 is 2.68 bits per heavy atom. The summed E-state index contributed by atoms with van der Waals surface area (Å²) in [5.41, 5.74) is 5.07. The minimum atomic E-state index is -0.0137. The van der Waals surface area contributed by atoms with Crippen LogP contribution in [-0.2, 0) is 13.1 Å². The fraction of sp³-hybridized carbons (Fsp3) is 0.310. The van der Waals surface area contributed by atoms with Gasteiger partial charge in [-0.15, -0.1) is 12.3 Å². The molecule has 3 aromatic rings. The third kappa shape index (κ3) is 7.54. The number of terminal acetylenes is 1. The van der Waals surface area contributed by atoms with Crippen LogP contribution in [0.25, 0.3) is 0 Å². The number of aromatic nitrogens is 2. The Morgan fingerprint density at radius 1 is 1.16 bits per heavy atom. The highest BCUT2D eigenvalue weighted by molar-refractivity contribution is 5.73. The van der Waals surface area contributed by atoms with Gasteiger partial charge in [0.25, 0.3) is 0 Å². The lowest BCUT2D eigenvalue weighted by atomic mass is 10.1. The van der Waals surface area contributed by atoms with E-state index in [1.54, 1.807) is 19.5 Å². The largest absolute Gasteiger partial charge is 0.341 e. The number of benzene rings is 2. The summed E-state index contributed by atoms with van der Waals surface area (Å²) in [6, 6.07) is 18.2. The fourth-order valence-electron chi connectivity index (χ4n) is 4.37. The molecular formula is C29H34N8O. The van der Waals surface area contributed by atoms with Crippen LogP contribution in [0.15, 0.2) is 65.9 Å². The molecule has 2 amide bonds. The van der Waals surface area contributed by atoms with Gasteiger partial charge >= 0.3 is 6.03 Å². The smallest absolute Gasteiger partial charge is 0.317 e. The quantitative estimate of drug-likeness (QED) is 0.257. The second kappa shape index (κ2) is 13.2. The number of anilines is 3. The van der Waals surface area contributed by atoms with Gasteiger partial charge in [-0.3, -0.25) is 9.91 Å². The van der Waals surface area contributed by atoms with Gasteiger partial charge in [-0.05, 0) is 48.4 Å². The van der Waals surface area contributed by atoms with E-state index in [0.717, 1.165) is 55.4 Å². The van der Waals surface area contributed by atoms with Gasteiger partial charge in [-0.1, -0.05) is 24.3 Å². The molecule has 9 nitrogen and oxygen atoms in total. The maximum Gasteiger partial charge on any atom is 0.317 e. The van der Waals surface area contributed by atoms with Gasteiger partial charge in [0.2, 0.25) is 5.95 Å². The van der Waals surface area contributed by atoms with E-state index in [9.17, 15) is 4.79 Å². The van der Waals surface area contributed by atoms with Crippen molar-refractivity contribution in [1.82, 2.24) is 25.1 Å². The summed E-state index contributed by atoms with van der Waals surface area (Å²) in [5, 5.41) is 12.5. The average molecular weight is 511 g/mol. The van der Waals surface area contributed by atoms with E-state index >= 15 is 0 Å². The SMILES string of the molecule is C#CC/C=N\N(Cc1ccnc(Nc2cc(C)cc(CN3CCN(C(=O)NC)CC3)c2)n1)c1ccccc1. The molecule has 0 unspecified atom stereocenters. The molecule has 2 aromatic carbocycles. The normalized spacial score (nSPS) is 13.8. The van der Waals surface area contributed by atoms with Crippen LogP contribution in [-0.4, -0.2) is 65.2 Å². The van der Waals surface area contributed by atoms with Gasteiger partial charge in [0.15, 0.2) is 0 Å². The molecule has 1 saturated heterocycles. The van der Waals surface area contributed by atoms with Crippen LogP contribution in [0, 0.1) is 19.3 Å². The van der Waals surface area contributed by atoms with Crippen LogP contribution in [0.3, 0.4) is 0 Å². The first-order valence-electron chi connectivity index (χ1n) is 12.7. The minimum absolute atomic E-state index is 0.0137. The van der Waals surface area contributed by atoms with Gasteiger partial charge in [0.05, 0.1) is 17.9 Å². The average Bonchev–Trinajstić information content (AvgIpc) is 2.93. The van der Waals surface area contributed by atoms with E-state index in [0.29, 0.717) is 18.9 Å². The van der Waals surface area contributed by atoms with Crippen molar-refractivity contribution in [2.45, 2.75) is 26.4 Å². The highest BCUT2D eigenvalue weighted by Gasteiger charge is 2.20. The monoisotopic (exact) mass is 510 g/mol. The van der Waals surface area contributed by atoms with Gasteiger partial charge in [0, 0.05) is 64.3 Å². The van der Waals surface area contributed by atoms with E-state index in [2.05, 4.69) is 56.7 Å². The summed E-state index contributed by atoms with van der Waals surface area (Å²) < 4.78 is 0. The summed E-state index contributed by atoms with van der Waals surface area (Å²) in [6.45, 7) is 6.52. The molecule has 1 aliphatic heterocycles. The Kier molecular flexibility index (Phi) is 9.27. The van der Waals surface area contributed by atoms with E-state index in [4.69, 9.17) is 11.4 Å². The van der Waals surface area contributed by atoms with Crippen molar-refractivity contribution in [3.63, 3.8) is 0 Å². The predicted octanol–water partition coefficient (Wildman–Crippen LogP) is 4.00. The number of aryl methyl sites for hydroxylation is 1. The van der Waals surface area contributed by atoms with E-state index < -0.39 is 0 Å². The third-order valence-corrected chi connectivity index (χ3v) is 6.18. The number of hydrogen-bond acceptors (Lipinski definition) is 7. The molecule has 0 spiro atoms. The van der Waals surface area contributed by atoms with Crippen molar-refractivity contribution in [1.29, 1.82) is 0 Å². The van der Waals surface area contributed by atoms with E-state index in [1.165, 1.54) is 5.56 Å². The molecule has 1 aliphatic rings. The highest BCUT2D eigenvalue weighted by atomic mass is 16.2. The van der Waals surface area contributed by atoms with E-state index in [-0.39, 0.29) is 6.03 Å². The molecule has 4 rings (SSSR count). The lowest BCUT2D eigenvalue weighted by molar-refractivity contribution is 0.136. The Hall–Kier alpha value is -4.42. The van der Waals surface area contributed by atoms with Crippen LogP contribution < -0.4 is 15.6 Å². The number of hydrogen-bond donors (Lipinski definition) is 2. The van der Waals surface area contributed by atoms with Crippen molar-refractivity contribution in [3.05, 3.63) is 77.6 Å². The second-order valence-corrected chi connectivity index (χ2v) is 9.12. The van der Waals surface area contributed by atoms with Gasteiger partial charge in [-0.2, -0.15) is 5.10 Å². The van der Waals surface area contributed by atoms with Crippen LogP contribution in [0.4, 0.5) is 22.1 Å². The topological polar surface area (TPSA) is 89.0 Å². The maximum atomic E-state index is 11.9. The number of piperazine rings is 1. The van der Waals surface area contributed by atoms with Crippen molar-refractivity contribution in [2.75, 3.05) is 43.6 Å². The molecular weight excluding hydrogens is 476 g/mol. The number of nitrogens with one attached hydrogen (secondary N) is 2. The van der Waals surface area contributed by atoms with E-state index in [1.807, 2.05) is 46.3 Å². The maximum absolute atomic E-state index is 11.9. The Labute approximate surface area is 224 Å². The van der Waals surface area contributed by atoms with Crippen molar-refractivity contribution in [2.24, 2.45) is 5.10 Å². The summed E-state index contributed by atoms with van der Waals surface area (Å²) in [7, 11) is 1.67. The summed E-state index contributed by atoms with van der Waals surface area (Å²) >= 11 is 0. The molecule has 0 atom stereocenters. The molecule has 2 N–H and O–H groups in total. The zero-order valence-electron chi connectivity index (χ0n) is 22.0. The molecule has 0 aliphatic carbocycles. The lowest BCUT2D eigenvalue weighted by Crippen LogP contribution is -2.50. The molecule has 38 heavy (non-hydrogen) atoms. The standard InChI is InChI=1S/C29H34N8O/c1-4-5-12-32-37(27-9-7-6-8-10-27)22-25-11-13-31-28(33-25)34-26-19-23(2)18-24(20-26)21-35-14-16-36(17-15-35)29(38)30-3/h1,6-13,18-20H,5,14-17,21-22H2,2-3H3,(H,30,38)(H,31,33,34)/b32-12-. The summed E-state index contributed by atoms with van der Waals surface area (Å²) in [6.07, 6.45) is 9.32. The predicted molar refractivity (Wildman–Crippen MR) is 152 cm³/mol. The number of rotatable bonds is 9. The molecule has 1 aromatic heterocycles. The number of carbonyl (C=O) groups excluding carboxylic acids is 1. The molecule has 0 bridgehead atoms. The first-order valence-corrected chi connectivity index (χ1v) is 12.7. The summed E-state index contributed by atoms with van der Waals surface area (Å²) in [5.74, 6) is 3.11. The number of hydrazone groups is 1. The number of urea groups is 1. The van der Waals surface area contributed by atoms with Crippen molar-refractivity contribution >= 4 is 29.6 Å². The van der Waals surface area contributed by atoms with Crippen LogP contribution >= 0.6 is 0 Å². The Balaban J connectivity index is 1.43. The van der Waals surface area contributed by atoms with Crippen LogP contribution in [0.5, 0.6) is 0 Å². The van der Waals surface area contributed by atoms with Gasteiger partial charge in [0.1, 0.15) is 0 Å². The van der Waals surface area contributed by atoms with Crippen LogP contribution in [0.2, 0.25) is 0 Å². The lowest BCUT2D eigenvalue weighted by Gasteiger charge is -2.34. The Bertz CT molecular complexity index is 1280. The first-order chi connectivity index (χ1) is 18.5. The molecule has 196 valence electrons. The zero-order valence-corrected chi connectivity index (χ0v) is 22.0. The fourth-order valence-corrected chi connectivity index (χ4v) is 4.37. The Morgan fingerprint density at radius 2 is 1.95 bits per heavy atom.